The molecule has 0 saturated carbocycles. The van der Waals surface area contributed by atoms with Gasteiger partial charge in [0.2, 0.25) is 0 Å². The molecule has 7 nitrogen and oxygen atoms in total. The minimum Gasteiger partial charge on any atom is -0.325 e. The fourth-order valence-electron chi connectivity index (χ4n) is 3.30. The first kappa shape index (κ1) is 16.7. The summed E-state index contributed by atoms with van der Waals surface area (Å²) in [7, 11) is 1.84. The van der Waals surface area contributed by atoms with E-state index in [9.17, 15) is 10.1 Å². The first-order chi connectivity index (χ1) is 13.1. The predicted octanol–water partition coefficient (Wildman–Crippen LogP) is 2.32. The van der Waals surface area contributed by atoms with Crippen LogP contribution >= 0.6 is 0 Å². The molecule has 0 amide bonds. The number of aromatic nitrogens is 4. The summed E-state index contributed by atoms with van der Waals surface area (Å²) in [6.07, 6.45) is 1.76. The number of nitriles is 1. The number of nitrogens with one attached hydrogen (secondary N) is 1. The Labute approximate surface area is 154 Å². The van der Waals surface area contributed by atoms with E-state index >= 15 is 0 Å². The summed E-state index contributed by atoms with van der Waals surface area (Å²) >= 11 is 0. The summed E-state index contributed by atoms with van der Waals surface area (Å²) < 4.78 is 1.75. The summed E-state index contributed by atoms with van der Waals surface area (Å²) in [4.78, 5) is 12.1. The normalized spacial score (nSPS) is 10.9. The Morgan fingerprint density at radius 2 is 2.00 bits per heavy atom. The molecule has 0 bridgehead atoms. The van der Waals surface area contributed by atoms with Gasteiger partial charge in [-0.2, -0.15) is 15.5 Å². The van der Waals surface area contributed by atoms with Crippen LogP contribution in [0.5, 0.6) is 0 Å². The van der Waals surface area contributed by atoms with E-state index in [4.69, 9.17) is 5.73 Å². The van der Waals surface area contributed by atoms with Crippen LogP contribution in [0.25, 0.3) is 33.2 Å². The van der Waals surface area contributed by atoms with E-state index in [1.165, 1.54) is 0 Å². The van der Waals surface area contributed by atoms with Crippen LogP contribution in [0.1, 0.15) is 11.3 Å². The van der Waals surface area contributed by atoms with Gasteiger partial charge in [0.05, 0.1) is 34.6 Å². The number of hydrogen-bond acceptors (Lipinski definition) is 5. The molecule has 0 atom stereocenters. The predicted molar refractivity (Wildman–Crippen MR) is 103 cm³/mol. The van der Waals surface area contributed by atoms with Crippen molar-refractivity contribution in [2.24, 2.45) is 12.8 Å². The van der Waals surface area contributed by atoms with Gasteiger partial charge in [-0.15, -0.1) is 0 Å². The van der Waals surface area contributed by atoms with Crippen LogP contribution in [-0.4, -0.2) is 20.0 Å². The molecular formula is C20H16N6O. The summed E-state index contributed by atoms with van der Waals surface area (Å²) in [5, 5.41) is 21.6. The fourth-order valence-corrected chi connectivity index (χ4v) is 3.30. The number of nitrogens with zero attached hydrogens (tertiary/aromatic N) is 4. The average Bonchev–Trinajstić information content (AvgIpc) is 3.09. The second kappa shape index (κ2) is 6.52. The van der Waals surface area contributed by atoms with Crippen LogP contribution in [-0.2, 0) is 13.6 Å². The van der Waals surface area contributed by atoms with Gasteiger partial charge in [-0.05, 0) is 23.8 Å². The van der Waals surface area contributed by atoms with Crippen molar-refractivity contribution < 1.29 is 0 Å². The van der Waals surface area contributed by atoms with Crippen LogP contribution in [0.2, 0.25) is 0 Å². The minimum absolute atomic E-state index is 0.216. The number of aryl methyl sites for hydroxylation is 1. The lowest BCUT2D eigenvalue weighted by atomic mass is 9.96. The van der Waals surface area contributed by atoms with Gasteiger partial charge in [-0.25, -0.2) is 5.10 Å². The molecule has 4 aromatic rings. The number of hydrogen-bond donors (Lipinski definition) is 2. The van der Waals surface area contributed by atoms with Crippen LogP contribution in [0.4, 0.5) is 0 Å². The van der Waals surface area contributed by atoms with Crippen LogP contribution in [0.3, 0.4) is 0 Å². The van der Waals surface area contributed by atoms with Gasteiger partial charge in [-0.3, -0.25) is 9.48 Å². The molecule has 4 rings (SSSR count). The van der Waals surface area contributed by atoms with Crippen molar-refractivity contribution in [1.82, 2.24) is 20.0 Å². The Bertz CT molecular complexity index is 1260. The number of nitrogens with two attached hydrogens (primary N) is 1. The number of H-pyrrole nitrogens is 1. The Morgan fingerprint density at radius 1 is 1.19 bits per heavy atom. The standard InChI is InChI=1S/C20H16N6O/c1-26-19(14-5-3-2-4-13(14)9-21)17(11-23-26)12-6-7-15-16(8-12)18(10-22)24-25-20(15)27/h2-8,11H,10,22H2,1H3,(H,25,27). The maximum absolute atomic E-state index is 12.1. The molecule has 0 radical (unpaired) electrons. The van der Waals surface area contributed by atoms with Gasteiger partial charge >= 0.3 is 0 Å². The smallest absolute Gasteiger partial charge is 0.272 e. The van der Waals surface area contributed by atoms with Gasteiger partial charge in [0, 0.05) is 30.1 Å². The maximum Gasteiger partial charge on any atom is 0.272 e. The Hall–Kier alpha value is -3.76. The number of rotatable bonds is 3. The highest BCUT2D eigenvalue weighted by Gasteiger charge is 2.17. The lowest BCUT2D eigenvalue weighted by Gasteiger charge is -2.10. The molecule has 0 aliphatic carbocycles. The first-order valence-electron chi connectivity index (χ1n) is 8.37. The van der Waals surface area contributed by atoms with Crippen molar-refractivity contribution in [3.63, 3.8) is 0 Å². The molecule has 7 heteroatoms. The van der Waals surface area contributed by atoms with Crippen molar-refractivity contribution in [1.29, 1.82) is 5.26 Å². The molecule has 0 aliphatic heterocycles. The first-order valence-corrected chi connectivity index (χ1v) is 8.37. The molecule has 2 aromatic heterocycles. The number of benzene rings is 2. The quantitative estimate of drug-likeness (QED) is 0.585. The van der Waals surface area contributed by atoms with Crippen LogP contribution in [0.15, 0.2) is 53.5 Å². The average molecular weight is 356 g/mol. The van der Waals surface area contributed by atoms with Crippen molar-refractivity contribution in [2.75, 3.05) is 0 Å². The third kappa shape index (κ3) is 2.69. The molecule has 27 heavy (non-hydrogen) atoms. The Kier molecular flexibility index (Phi) is 4.03. The largest absolute Gasteiger partial charge is 0.325 e. The molecule has 132 valence electrons. The molecule has 3 N–H and O–H groups in total. The second-order valence-corrected chi connectivity index (χ2v) is 6.15. The molecule has 0 spiro atoms. The summed E-state index contributed by atoms with van der Waals surface area (Å²) in [5.74, 6) is 0. The second-order valence-electron chi connectivity index (χ2n) is 6.15. The van der Waals surface area contributed by atoms with E-state index in [1.807, 2.05) is 37.4 Å². The zero-order chi connectivity index (χ0) is 19.0. The highest BCUT2D eigenvalue weighted by atomic mass is 16.1. The fraction of sp³-hybridized carbons (Fsp3) is 0.100. The monoisotopic (exact) mass is 356 g/mol. The summed E-state index contributed by atoms with van der Waals surface area (Å²) in [6, 6.07) is 15.2. The molecular weight excluding hydrogens is 340 g/mol. The third-order valence-corrected chi connectivity index (χ3v) is 4.61. The van der Waals surface area contributed by atoms with E-state index in [2.05, 4.69) is 21.4 Å². The molecule has 2 heterocycles. The minimum atomic E-state index is -0.255. The summed E-state index contributed by atoms with van der Waals surface area (Å²) in [6.45, 7) is 0.216. The molecule has 0 saturated heterocycles. The molecule has 2 aromatic carbocycles. The van der Waals surface area contributed by atoms with Crippen molar-refractivity contribution >= 4 is 10.8 Å². The summed E-state index contributed by atoms with van der Waals surface area (Å²) in [5.41, 5.74) is 10.1. The van der Waals surface area contributed by atoms with Gasteiger partial charge in [0.1, 0.15) is 0 Å². The van der Waals surface area contributed by atoms with E-state index in [0.29, 0.717) is 22.0 Å². The van der Waals surface area contributed by atoms with Crippen LogP contribution in [0, 0.1) is 11.3 Å². The topological polar surface area (TPSA) is 113 Å². The van der Waals surface area contributed by atoms with Crippen LogP contribution < -0.4 is 11.3 Å². The van der Waals surface area contributed by atoms with Gasteiger partial charge in [-0.1, -0.05) is 24.3 Å². The Balaban J connectivity index is 1.99. The maximum atomic E-state index is 12.1. The zero-order valence-electron chi connectivity index (χ0n) is 14.6. The zero-order valence-corrected chi connectivity index (χ0v) is 14.6. The van der Waals surface area contributed by atoms with Gasteiger partial charge < -0.3 is 5.73 Å². The van der Waals surface area contributed by atoms with E-state index in [1.54, 1.807) is 23.0 Å². The molecule has 0 unspecified atom stereocenters. The lowest BCUT2D eigenvalue weighted by molar-refractivity contribution is 0.776. The van der Waals surface area contributed by atoms with Crippen molar-refractivity contribution in [3.8, 4) is 28.5 Å². The van der Waals surface area contributed by atoms with Crippen molar-refractivity contribution in [3.05, 3.63) is 70.3 Å². The number of fused-ring (bicyclic) bond motifs is 1. The molecule has 0 aliphatic rings. The third-order valence-electron chi connectivity index (χ3n) is 4.61. The van der Waals surface area contributed by atoms with E-state index < -0.39 is 0 Å². The highest BCUT2D eigenvalue weighted by Crippen LogP contribution is 2.34. The van der Waals surface area contributed by atoms with Gasteiger partial charge in [0.15, 0.2) is 0 Å². The van der Waals surface area contributed by atoms with Gasteiger partial charge in [0.25, 0.3) is 5.56 Å². The highest BCUT2D eigenvalue weighted by molar-refractivity contribution is 5.91. The SMILES string of the molecule is Cn1ncc(-c2ccc3c(=O)[nH]nc(CN)c3c2)c1-c1ccccc1C#N. The molecule has 0 fully saturated rings. The van der Waals surface area contributed by atoms with E-state index in [-0.39, 0.29) is 12.1 Å². The van der Waals surface area contributed by atoms with E-state index in [0.717, 1.165) is 22.4 Å². The number of aromatic amines is 1. The Morgan fingerprint density at radius 3 is 2.78 bits per heavy atom. The lowest BCUT2D eigenvalue weighted by Crippen LogP contribution is -2.13. The van der Waals surface area contributed by atoms with Crippen molar-refractivity contribution in [2.45, 2.75) is 6.54 Å².